The average Bonchev–Trinajstić information content (AvgIpc) is 3.23. The van der Waals surface area contributed by atoms with Gasteiger partial charge in [0.15, 0.2) is 0 Å². The van der Waals surface area contributed by atoms with E-state index < -0.39 is 0 Å². The van der Waals surface area contributed by atoms with Crippen LogP contribution in [0.4, 0.5) is 0 Å². The molecule has 0 aliphatic heterocycles. The van der Waals surface area contributed by atoms with Gasteiger partial charge in [-0.3, -0.25) is 9.55 Å². The number of halogens is 1. The minimum atomic E-state index is -0.180. The molecule has 1 N–H and O–H groups in total. The Hall–Kier alpha value is -3.19. The molecule has 0 atom stereocenters. The fourth-order valence-corrected chi connectivity index (χ4v) is 2.70. The van der Waals surface area contributed by atoms with E-state index >= 15 is 0 Å². The van der Waals surface area contributed by atoms with Crippen molar-refractivity contribution in [1.29, 1.82) is 0 Å². The number of benzene rings is 1. The van der Waals surface area contributed by atoms with Crippen LogP contribution in [0.15, 0.2) is 58.2 Å². The molecule has 0 saturated heterocycles. The van der Waals surface area contributed by atoms with Crippen LogP contribution >= 0.6 is 11.6 Å². The van der Waals surface area contributed by atoms with Gasteiger partial charge in [0.05, 0.1) is 16.3 Å². The van der Waals surface area contributed by atoms with E-state index in [1.807, 2.05) is 31.2 Å². The highest BCUT2D eigenvalue weighted by atomic mass is 35.5. The largest absolute Gasteiger partial charge is 0.334 e. The Bertz CT molecular complexity index is 1090. The van der Waals surface area contributed by atoms with E-state index in [-0.39, 0.29) is 5.69 Å². The van der Waals surface area contributed by atoms with Gasteiger partial charge >= 0.3 is 5.69 Å². The molecule has 4 rings (SSSR count). The molecule has 3 heterocycles. The van der Waals surface area contributed by atoms with E-state index in [9.17, 15) is 4.79 Å². The Balaban J connectivity index is 1.66. The Morgan fingerprint density at radius 3 is 2.64 bits per heavy atom. The Kier molecular flexibility index (Phi) is 3.70. The van der Waals surface area contributed by atoms with Crippen molar-refractivity contribution in [3.05, 3.63) is 70.1 Å². The summed E-state index contributed by atoms with van der Waals surface area (Å²) in [6.45, 7) is 1.86. The predicted molar refractivity (Wildman–Crippen MR) is 92.7 cm³/mol. The van der Waals surface area contributed by atoms with Crippen LogP contribution in [0.2, 0.25) is 5.02 Å². The summed E-state index contributed by atoms with van der Waals surface area (Å²) in [4.78, 5) is 22.9. The summed E-state index contributed by atoms with van der Waals surface area (Å²) in [5.41, 5.74) is 2.83. The van der Waals surface area contributed by atoms with Crippen molar-refractivity contribution < 1.29 is 4.52 Å². The normalized spacial score (nSPS) is 11.0. The maximum Gasteiger partial charge on any atom is 0.330 e. The SMILES string of the molecule is Cc1c[nH]c(=O)n1-c1ccc(-c2noc(-c3cncc(Cl)c3)n2)cc1. The lowest BCUT2D eigenvalue weighted by Gasteiger charge is -2.04. The van der Waals surface area contributed by atoms with Gasteiger partial charge in [-0.05, 0) is 37.3 Å². The minimum Gasteiger partial charge on any atom is -0.334 e. The molecule has 0 saturated carbocycles. The van der Waals surface area contributed by atoms with Crippen LogP contribution < -0.4 is 5.69 Å². The third kappa shape index (κ3) is 2.85. The van der Waals surface area contributed by atoms with Crippen LogP contribution in [0.1, 0.15) is 5.69 Å². The molecule has 3 aromatic heterocycles. The molecule has 0 fully saturated rings. The third-order valence-corrected chi connectivity index (χ3v) is 3.93. The molecule has 0 radical (unpaired) electrons. The summed E-state index contributed by atoms with van der Waals surface area (Å²) >= 11 is 5.93. The smallest absolute Gasteiger partial charge is 0.330 e. The van der Waals surface area contributed by atoms with Crippen LogP contribution in [0.25, 0.3) is 28.5 Å². The lowest BCUT2D eigenvalue weighted by Crippen LogP contribution is -2.15. The van der Waals surface area contributed by atoms with Gasteiger partial charge in [0, 0.05) is 29.8 Å². The first kappa shape index (κ1) is 15.3. The molecule has 4 aromatic rings. The van der Waals surface area contributed by atoms with Gasteiger partial charge in [-0.25, -0.2) is 4.79 Å². The molecule has 0 unspecified atom stereocenters. The van der Waals surface area contributed by atoms with Gasteiger partial charge in [0.25, 0.3) is 5.89 Å². The van der Waals surface area contributed by atoms with Crippen LogP contribution in [0, 0.1) is 6.92 Å². The van der Waals surface area contributed by atoms with E-state index in [1.165, 1.54) is 6.20 Å². The fraction of sp³-hybridized carbons (Fsp3) is 0.0588. The summed E-state index contributed by atoms with van der Waals surface area (Å²) in [7, 11) is 0. The second-order valence-electron chi connectivity index (χ2n) is 5.43. The van der Waals surface area contributed by atoms with E-state index in [4.69, 9.17) is 16.1 Å². The monoisotopic (exact) mass is 353 g/mol. The number of hydrogen-bond acceptors (Lipinski definition) is 5. The van der Waals surface area contributed by atoms with E-state index in [0.717, 1.165) is 16.9 Å². The molecule has 1 aromatic carbocycles. The first-order chi connectivity index (χ1) is 12.1. The molecule has 8 heteroatoms. The first-order valence-electron chi connectivity index (χ1n) is 7.44. The summed E-state index contributed by atoms with van der Waals surface area (Å²) < 4.78 is 6.87. The predicted octanol–water partition coefficient (Wildman–Crippen LogP) is 3.24. The molecular weight excluding hydrogens is 342 g/mol. The van der Waals surface area contributed by atoms with Crippen molar-refractivity contribution in [2.75, 3.05) is 0 Å². The molecule has 7 nitrogen and oxygen atoms in total. The highest BCUT2D eigenvalue weighted by Gasteiger charge is 2.12. The van der Waals surface area contributed by atoms with Crippen LogP contribution in [0.5, 0.6) is 0 Å². The molecule has 25 heavy (non-hydrogen) atoms. The van der Waals surface area contributed by atoms with Gasteiger partial charge in [-0.15, -0.1) is 0 Å². The first-order valence-corrected chi connectivity index (χ1v) is 7.82. The van der Waals surface area contributed by atoms with Gasteiger partial charge in [-0.2, -0.15) is 4.98 Å². The molecule has 0 bridgehead atoms. The van der Waals surface area contributed by atoms with Gasteiger partial charge in [0.2, 0.25) is 5.82 Å². The number of nitrogens with one attached hydrogen (secondary N) is 1. The van der Waals surface area contributed by atoms with Crippen molar-refractivity contribution in [2.45, 2.75) is 6.92 Å². The Morgan fingerprint density at radius 2 is 1.96 bits per heavy atom. The van der Waals surface area contributed by atoms with E-state index in [0.29, 0.717) is 22.3 Å². The highest BCUT2D eigenvalue weighted by Crippen LogP contribution is 2.24. The number of pyridine rings is 1. The van der Waals surface area contributed by atoms with Crippen molar-refractivity contribution in [3.63, 3.8) is 0 Å². The summed E-state index contributed by atoms with van der Waals surface area (Å²) in [5.74, 6) is 0.784. The maximum absolute atomic E-state index is 11.8. The van der Waals surface area contributed by atoms with Crippen LogP contribution in [-0.2, 0) is 0 Å². The average molecular weight is 354 g/mol. The zero-order valence-electron chi connectivity index (χ0n) is 13.1. The quantitative estimate of drug-likeness (QED) is 0.610. The van der Waals surface area contributed by atoms with Gasteiger partial charge in [-0.1, -0.05) is 16.8 Å². The topological polar surface area (TPSA) is 89.6 Å². The zero-order valence-corrected chi connectivity index (χ0v) is 13.9. The Labute approximate surface area is 146 Å². The minimum absolute atomic E-state index is 0.180. The number of H-pyrrole nitrogens is 1. The van der Waals surface area contributed by atoms with E-state index in [2.05, 4.69) is 20.1 Å². The van der Waals surface area contributed by atoms with Crippen molar-refractivity contribution in [3.8, 4) is 28.5 Å². The lowest BCUT2D eigenvalue weighted by atomic mass is 10.2. The summed E-state index contributed by atoms with van der Waals surface area (Å²) in [6.07, 6.45) is 4.81. The lowest BCUT2D eigenvalue weighted by molar-refractivity contribution is 0.432. The fourth-order valence-electron chi connectivity index (χ4n) is 2.52. The van der Waals surface area contributed by atoms with Gasteiger partial charge in [0.1, 0.15) is 0 Å². The van der Waals surface area contributed by atoms with Gasteiger partial charge < -0.3 is 9.51 Å². The number of imidazole rings is 1. The number of hydrogen-bond donors (Lipinski definition) is 1. The van der Waals surface area contributed by atoms with E-state index in [1.54, 1.807) is 23.0 Å². The van der Waals surface area contributed by atoms with Crippen molar-refractivity contribution in [1.82, 2.24) is 24.7 Å². The molecule has 0 spiro atoms. The van der Waals surface area contributed by atoms with Crippen molar-refractivity contribution in [2.24, 2.45) is 0 Å². The second kappa shape index (κ2) is 6.03. The summed E-state index contributed by atoms with van der Waals surface area (Å²) in [5, 5.41) is 4.48. The number of aryl methyl sites for hydroxylation is 1. The number of nitrogens with zero attached hydrogens (tertiary/aromatic N) is 4. The molecule has 0 aliphatic rings. The standard InChI is InChI=1S/C17H12ClN5O2/c1-10-7-20-17(24)23(10)14-4-2-11(3-5-14)15-21-16(25-22-15)12-6-13(18)9-19-8-12/h2-9H,1H3,(H,20,24). The molecule has 124 valence electrons. The number of rotatable bonds is 3. The zero-order chi connectivity index (χ0) is 17.4. The second-order valence-corrected chi connectivity index (χ2v) is 5.87. The Morgan fingerprint density at radius 1 is 1.16 bits per heavy atom. The molecule has 0 aliphatic carbocycles. The number of aromatic amines is 1. The summed E-state index contributed by atoms with van der Waals surface area (Å²) in [6, 6.07) is 9.03. The number of aromatic nitrogens is 5. The maximum atomic E-state index is 11.8. The molecule has 0 amide bonds. The van der Waals surface area contributed by atoms with Crippen LogP contribution in [-0.4, -0.2) is 24.7 Å². The molecular formula is C17H12ClN5O2. The van der Waals surface area contributed by atoms with Crippen molar-refractivity contribution >= 4 is 11.6 Å². The third-order valence-electron chi connectivity index (χ3n) is 3.72. The highest BCUT2D eigenvalue weighted by molar-refractivity contribution is 6.30. The van der Waals surface area contributed by atoms with Crippen LogP contribution in [0.3, 0.4) is 0 Å².